The third kappa shape index (κ3) is 6.39. The number of sulfone groups is 1. The van der Waals surface area contributed by atoms with Crippen molar-refractivity contribution in [2.75, 3.05) is 0 Å². The molecule has 2 N–H and O–H groups in total. The summed E-state index contributed by atoms with van der Waals surface area (Å²) in [6, 6.07) is 5.09. The highest BCUT2D eigenvalue weighted by Gasteiger charge is 2.45. The molecule has 1 aromatic carbocycles. The Hall–Kier alpha value is -1.84. The second-order valence-electron chi connectivity index (χ2n) is 8.55. The van der Waals surface area contributed by atoms with Gasteiger partial charge in [0, 0.05) is 4.47 Å². The molecule has 4 rings (SSSR count). The Labute approximate surface area is 198 Å². The molecule has 0 aliphatic heterocycles. The van der Waals surface area contributed by atoms with Gasteiger partial charge in [0.15, 0.2) is 9.84 Å². The number of ether oxygens (including phenoxy) is 1. The summed E-state index contributed by atoms with van der Waals surface area (Å²) in [7, 11) is -4.05. The summed E-state index contributed by atoms with van der Waals surface area (Å²) in [6.07, 6.45) is -0.232. The third-order valence-corrected chi connectivity index (χ3v) is 8.84. The number of carboxylic acid groups (broad SMARTS) is 1. The molecule has 0 unspecified atom stereocenters. The van der Waals surface area contributed by atoms with Crippen LogP contribution >= 0.6 is 15.9 Å². The molecule has 7 nitrogen and oxygen atoms in total. The van der Waals surface area contributed by atoms with E-state index >= 15 is 0 Å². The first kappa shape index (κ1) is 25.8. The van der Waals surface area contributed by atoms with E-state index in [4.69, 9.17) is 15.1 Å². The van der Waals surface area contributed by atoms with E-state index < -0.39 is 43.4 Å². The van der Waals surface area contributed by atoms with E-state index in [1.807, 2.05) is 6.07 Å². The predicted octanol–water partition coefficient (Wildman–Crippen LogP) is 5.04. The SMILES string of the molecule is N#CC1(NC(=O)O)CC1.O=S(=O)(c1ccc(Br)cc1C(F)(F)F)[C@@H]1CC[C@@H](OC2CCC2)C1. The Morgan fingerprint density at radius 2 is 1.88 bits per heavy atom. The summed E-state index contributed by atoms with van der Waals surface area (Å²) < 4.78 is 71.3. The molecule has 1 amide bonds. The summed E-state index contributed by atoms with van der Waals surface area (Å²) >= 11 is 2.98. The van der Waals surface area contributed by atoms with Crippen LogP contribution in [0.3, 0.4) is 0 Å². The lowest BCUT2D eigenvalue weighted by atomic mass is 9.96. The highest BCUT2D eigenvalue weighted by Crippen LogP contribution is 2.40. The van der Waals surface area contributed by atoms with Gasteiger partial charge in [0.25, 0.3) is 0 Å². The molecule has 1 aromatic rings. The van der Waals surface area contributed by atoms with Crippen LogP contribution in [-0.2, 0) is 20.8 Å². The quantitative estimate of drug-likeness (QED) is 0.528. The van der Waals surface area contributed by atoms with Crippen molar-refractivity contribution >= 4 is 31.9 Å². The molecule has 0 heterocycles. The van der Waals surface area contributed by atoms with Crippen molar-refractivity contribution < 1.29 is 36.2 Å². The molecule has 182 valence electrons. The molecule has 12 heteroatoms. The minimum Gasteiger partial charge on any atom is -0.465 e. The lowest BCUT2D eigenvalue weighted by Gasteiger charge is -2.28. The largest absolute Gasteiger partial charge is 0.465 e. The van der Waals surface area contributed by atoms with E-state index in [1.54, 1.807) is 0 Å². The molecular weight excluding hydrogens is 529 g/mol. The van der Waals surface area contributed by atoms with Crippen LogP contribution < -0.4 is 5.32 Å². The van der Waals surface area contributed by atoms with Crippen LogP contribution in [0.4, 0.5) is 18.0 Å². The monoisotopic (exact) mass is 552 g/mol. The van der Waals surface area contributed by atoms with Crippen LogP contribution in [0.25, 0.3) is 0 Å². The van der Waals surface area contributed by atoms with Crippen LogP contribution in [0.2, 0.25) is 0 Å². The average Bonchev–Trinajstić information content (AvgIpc) is 3.28. The summed E-state index contributed by atoms with van der Waals surface area (Å²) in [4.78, 5) is 9.32. The van der Waals surface area contributed by atoms with Crippen LogP contribution in [0, 0.1) is 11.3 Å². The number of halogens is 4. The van der Waals surface area contributed by atoms with Gasteiger partial charge in [-0.3, -0.25) is 0 Å². The van der Waals surface area contributed by atoms with Crippen LogP contribution in [0.1, 0.15) is 56.9 Å². The Kier molecular flexibility index (Phi) is 7.65. The van der Waals surface area contributed by atoms with E-state index in [-0.39, 0.29) is 23.1 Å². The van der Waals surface area contributed by atoms with E-state index in [2.05, 4.69) is 21.2 Å². The Balaban J connectivity index is 0.000000286. The van der Waals surface area contributed by atoms with Gasteiger partial charge in [-0.25, -0.2) is 13.2 Å². The number of nitrogens with zero attached hydrogens (tertiary/aromatic N) is 1. The average molecular weight is 553 g/mol. The Bertz CT molecular complexity index is 1030. The number of hydrogen-bond acceptors (Lipinski definition) is 5. The van der Waals surface area contributed by atoms with Crippen LogP contribution in [-0.4, -0.2) is 42.6 Å². The number of nitrogens with one attached hydrogen (secondary N) is 1. The minimum atomic E-state index is -4.72. The third-order valence-electron chi connectivity index (χ3n) is 6.08. The fourth-order valence-corrected chi connectivity index (χ4v) is 6.20. The molecule has 0 saturated heterocycles. The van der Waals surface area contributed by atoms with Crippen molar-refractivity contribution in [2.45, 2.75) is 85.4 Å². The highest BCUT2D eigenvalue weighted by molar-refractivity contribution is 9.10. The molecular formula is C21H24BrF3N2O5S. The number of amides is 1. The van der Waals surface area contributed by atoms with Crippen molar-refractivity contribution in [1.29, 1.82) is 5.26 Å². The molecule has 3 aliphatic carbocycles. The predicted molar refractivity (Wildman–Crippen MR) is 115 cm³/mol. The van der Waals surface area contributed by atoms with Gasteiger partial charge in [-0.1, -0.05) is 15.9 Å². The summed E-state index contributed by atoms with van der Waals surface area (Å²) in [5, 5.41) is 17.8. The van der Waals surface area contributed by atoms with Crippen LogP contribution in [0.15, 0.2) is 27.6 Å². The van der Waals surface area contributed by atoms with Gasteiger partial charge in [-0.05, 0) is 69.6 Å². The van der Waals surface area contributed by atoms with Crippen LogP contribution in [0.5, 0.6) is 0 Å². The van der Waals surface area contributed by atoms with Gasteiger partial charge in [0.2, 0.25) is 0 Å². The molecule has 33 heavy (non-hydrogen) atoms. The zero-order valence-corrected chi connectivity index (χ0v) is 20.0. The number of carbonyl (C=O) groups is 1. The lowest BCUT2D eigenvalue weighted by Crippen LogP contribution is -2.33. The van der Waals surface area contributed by atoms with Crippen molar-refractivity contribution in [3.05, 3.63) is 28.2 Å². The summed E-state index contributed by atoms with van der Waals surface area (Å²) in [5.74, 6) is 0. The van der Waals surface area contributed by atoms with Gasteiger partial charge >= 0.3 is 12.3 Å². The first-order valence-electron chi connectivity index (χ1n) is 10.5. The Morgan fingerprint density at radius 1 is 1.21 bits per heavy atom. The van der Waals surface area contributed by atoms with Crippen molar-refractivity contribution in [2.24, 2.45) is 0 Å². The second kappa shape index (κ2) is 9.80. The molecule has 0 aromatic heterocycles. The fourth-order valence-electron chi connectivity index (χ4n) is 3.83. The number of alkyl halides is 3. The van der Waals surface area contributed by atoms with E-state index in [9.17, 15) is 26.4 Å². The zero-order chi connectivity index (χ0) is 24.4. The molecule has 0 bridgehead atoms. The van der Waals surface area contributed by atoms with Gasteiger partial charge in [-0.15, -0.1) is 0 Å². The normalized spacial score (nSPS) is 24.1. The smallest absolute Gasteiger partial charge is 0.417 e. The van der Waals surface area contributed by atoms with E-state index in [0.29, 0.717) is 25.7 Å². The lowest BCUT2D eigenvalue weighted by molar-refractivity contribution is -0.139. The molecule has 3 aliphatic rings. The number of rotatable bonds is 5. The fraction of sp³-hybridized carbons (Fsp3) is 0.619. The Morgan fingerprint density at radius 3 is 2.33 bits per heavy atom. The van der Waals surface area contributed by atoms with Gasteiger partial charge < -0.3 is 15.2 Å². The minimum absolute atomic E-state index is 0.167. The molecule has 2 atom stereocenters. The first-order chi connectivity index (χ1) is 15.4. The van der Waals surface area contributed by atoms with Gasteiger partial charge in [-0.2, -0.15) is 18.4 Å². The summed E-state index contributed by atoms with van der Waals surface area (Å²) in [6.45, 7) is 0. The molecule has 0 radical (unpaired) electrons. The molecule has 3 saturated carbocycles. The maximum Gasteiger partial charge on any atom is 0.417 e. The maximum atomic E-state index is 13.2. The van der Waals surface area contributed by atoms with Crippen molar-refractivity contribution in [3.8, 4) is 6.07 Å². The van der Waals surface area contributed by atoms with Gasteiger partial charge in [0.1, 0.15) is 5.54 Å². The maximum absolute atomic E-state index is 13.2. The standard InChI is InChI=1S/C16H18BrF3O3S.C5H6N2O2/c17-10-4-7-15(14(8-10)16(18,19)20)24(21,22)13-6-5-12(9-13)23-11-2-1-3-11;6-3-5(1-2-5)7-4(8)9/h4,7-8,11-13H,1-3,5-6,9H2;7H,1-2H2,(H,8,9)/t12-,13-;/m1./s1. The van der Waals surface area contributed by atoms with E-state index in [0.717, 1.165) is 31.4 Å². The number of hydrogen-bond donors (Lipinski definition) is 2. The van der Waals surface area contributed by atoms with Crippen molar-refractivity contribution in [1.82, 2.24) is 5.32 Å². The number of benzene rings is 1. The summed E-state index contributed by atoms with van der Waals surface area (Å²) in [5.41, 5.74) is -1.84. The highest BCUT2D eigenvalue weighted by atomic mass is 79.9. The molecule has 0 spiro atoms. The topological polar surface area (TPSA) is 116 Å². The van der Waals surface area contributed by atoms with Gasteiger partial charge in [0.05, 0.1) is 34.0 Å². The number of nitriles is 1. The first-order valence-corrected chi connectivity index (χ1v) is 12.9. The van der Waals surface area contributed by atoms with E-state index in [1.165, 1.54) is 6.07 Å². The molecule has 3 fully saturated rings. The zero-order valence-electron chi connectivity index (χ0n) is 17.6. The second-order valence-corrected chi connectivity index (χ2v) is 11.7. The van der Waals surface area contributed by atoms with Crippen molar-refractivity contribution in [3.63, 3.8) is 0 Å².